The first kappa shape index (κ1) is 14.0. The van der Waals surface area contributed by atoms with Gasteiger partial charge in [-0.2, -0.15) is 0 Å². The Hall–Kier alpha value is -2.41. The first-order chi connectivity index (χ1) is 9.38. The van der Waals surface area contributed by atoms with Gasteiger partial charge >= 0.3 is 0 Å². The molecule has 0 saturated heterocycles. The summed E-state index contributed by atoms with van der Waals surface area (Å²) in [5.74, 6) is -2.00. The summed E-state index contributed by atoms with van der Waals surface area (Å²) in [5.41, 5.74) is 0.373. The number of carbonyl (C=O) groups excluding carboxylic acids is 1. The molecule has 0 aromatic heterocycles. The normalized spacial score (nSPS) is 10.2. The predicted molar refractivity (Wildman–Crippen MR) is 75.2 cm³/mol. The minimum Gasteiger partial charge on any atom is -0.504 e. The number of hydrogen-bond donors (Lipinski definition) is 5. The molecule has 0 saturated carbocycles. The molecule has 0 heterocycles. The van der Waals surface area contributed by atoms with Gasteiger partial charge in [0.15, 0.2) is 23.0 Å². The molecule has 104 valence electrons. The summed E-state index contributed by atoms with van der Waals surface area (Å²) in [6.07, 6.45) is 0. The summed E-state index contributed by atoms with van der Waals surface area (Å²) in [5, 5.41) is 39.7. The molecule has 5 N–H and O–H groups in total. The molecule has 7 heteroatoms. The number of phenolic OH excluding ortho intramolecular Hbond substituents is 4. The smallest absolute Gasteiger partial charge is 0.256 e. The molecule has 0 fully saturated rings. The van der Waals surface area contributed by atoms with E-state index in [1.807, 2.05) is 0 Å². The van der Waals surface area contributed by atoms with Crippen molar-refractivity contribution in [1.82, 2.24) is 0 Å². The lowest BCUT2D eigenvalue weighted by Gasteiger charge is -2.09. The number of halogens is 1. The predicted octanol–water partition coefficient (Wildman–Crippen LogP) is 2.52. The van der Waals surface area contributed by atoms with Crippen LogP contribution in [0.15, 0.2) is 34.8 Å². The number of carbonyl (C=O) groups is 1. The number of anilines is 1. The summed E-state index contributed by atoms with van der Waals surface area (Å²) in [6.45, 7) is 0. The van der Waals surface area contributed by atoms with E-state index in [0.29, 0.717) is 4.47 Å². The van der Waals surface area contributed by atoms with E-state index in [2.05, 4.69) is 21.2 Å². The lowest BCUT2D eigenvalue weighted by Crippen LogP contribution is -2.12. The molecule has 2 aromatic carbocycles. The Kier molecular flexibility index (Phi) is 3.71. The van der Waals surface area contributed by atoms with E-state index >= 15 is 0 Å². The minimum atomic E-state index is -0.558. The maximum Gasteiger partial charge on any atom is 0.256 e. The monoisotopic (exact) mass is 339 g/mol. The van der Waals surface area contributed by atoms with E-state index < -0.39 is 11.7 Å². The van der Waals surface area contributed by atoms with Crippen molar-refractivity contribution in [2.75, 3.05) is 5.32 Å². The van der Waals surface area contributed by atoms with Crippen LogP contribution in [0.25, 0.3) is 0 Å². The Labute approximate surface area is 122 Å². The average molecular weight is 340 g/mol. The summed E-state index contributed by atoms with van der Waals surface area (Å²) in [4.78, 5) is 12.0. The number of benzene rings is 2. The van der Waals surface area contributed by atoms with Crippen molar-refractivity contribution in [3.63, 3.8) is 0 Å². The molecule has 0 spiro atoms. The molecule has 0 radical (unpaired) electrons. The highest BCUT2D eigenvalue weighted by atomic mass is 79.9. The van der Waals surface area contributed by atoms with Gasteiger partial charge in [0.2, 0.25) is 0 Å². The third-order valence-electron chi connectivity index (χ3n) is 2.54. The van der Waals surface area contributed by atoms with Crippen molar-refractivity contribution < 1.29 is 25.2 Å². The van der Waals surface area contributed by atoms with Crippen LogP contribution in [0.2, 0.25) is 0 Å². The molecule has 0 aliphatic carbocycles. The second-order valence-electron chi connectivity index (χ2n) is 3.98. The maximum atomic E-state index is 12.0. The van der Waals surface area contributed by atoms with E-state index in [1.165, 1.54) is 24.3 Å². The summed E-state index contributed by atoms with van der Waals surface area (Å²) >= 11 is 3.10. The van der Waals surface area contributed by atoms with Gasteiger partial charge in [-0.25, -0.2) is 0 Å². The fourth-order valence-electron chi connectivity index (χ4n) is 1.52. The van der Waals surface area contributed by atoms with Gasteiger partial charge in [0.05, 0.1) is 5.56 Å². The molecule has 1 amide bonds. The van der Waals surface area contributed by atoms with Crippen LogP contribution in [-0.4, -0.2) is 26.3 Å². The van der Waals surface area contributed by atoms with E-state index in [0.717, 1.165) is 6.07 Å². The molecule has 6 nitrogen and oxygen atoms in total. The third kappa shape index (κ3) is 2.77. The van der Waals surface area contributed by atoms with Crippen LogP contribution in [0, 0.1) is 0 Å². The molecule has 0 aliphatic rings. The van der Waals surface area contributed by atoms with Gasteiger partial charge in [-0.1, -0.05) is 0 Å². The second-order valence-corrected chi connectivity index (χ2v) is 4.83. The van der Waals surface area contributed by atoms with Gasteiger partial charge in [-0.05, 0) is 40.2 Å². The summed E-state index contributed by atoms with van der Waals surface area (Å²) in [6, 6.07) is 6.12. The average Bonchev–Trinajstić information content (AvgIpc) is 2.38. The van der Waals surface area contributed by atoms with Crippen LogP contribution >= 0.6 is 15.9 Å². The Morgan fingerprint density at radius 2 is 1.50 bits per heavy atom. The Morgan fingerprint density at radius 1 is 0.900 bits per heavy atom. The van der Waals surface area contributed by atoms with E-state index in [1.54, 1.807) is 0 Å². The van der Waals surface area contributed by atoms with Crippen LogP contribution in [0.5, 0.6) is 23.0 Å². The fourth-order valence-corrected chi connectivity index (χ4v) is 2.04. The van der Waals surface area contributed by atoms with Gasteiger partial charge in [-0.3, -0.25) is 4.79 Å². The number of amides is 1. The van der Waals surface area contributed by atoms with Crippen molar-refractivity contribution in [2.45, 2.75) is 0 Å². The van der Waals surface area contributed by atoms with Crippen LogP contribution in [0.1, 0.15) is 10.4 Å². The number of nitrogens with one attached hydrogen (secondary N) is 1. The number of hydrogen-bond acceptors (Lipinski definition) is 5. The van der Waals surface area contributed by atoms with Gasteiger partial charge in [0.1, 0.15) is 0 Å². The summed E-state index contributed by atoms with van der Waals surface area (Å²) in [7, 11) is 0. The third-order valence-corrected chi connectivity index (χ3v) is 3.20. The number of phenols is 4. The van der Waals surface area contributed by atoms with Crippen molar-refractivity contribution in [1.29, 1.82) is 0 Å². The van der Waals surface area contributed by atoms with Crippen molar-refractivity contribution >= 4 is 27.5 Å². The maximum absolute atomic E-state index is 12.0. The molecule has 0 bridgehead atoms. The Bertz CT molecular complexity index is 687. The highest BCUT2D eigenvalue weighted by Crippen LogP contribution is 2.32. The Morgan fingerprint density at radius 3 is 2.15 bits per heavy atom. The Balaban J connectivity index is 2.28. The molecule has 0 aliphatic heterocycles. The standard InChI is InChI=1S/C13H10BrNO5/c14-8-5-12(19)11(18)4-7(8)13(20)15-6-1-2-9(16)10(17)3-6/h1-5,16-19H,(H,15,20). The van der Waals surface area contributed by atoms with Gasteiger partial charge in [0, 0.05) is 16.2 Å². The zero-order valence-corrected chi connectivity index (χ0v) is 11.5. The zero-order chi connectivity index (χ0) is 14.9. The molecular formula is C13H10BrNO5. The molecular weight excluding hydrogens is 330 g/mol. The largest absolute Gasteiger partial charge is 0.504 e. The van der Waals surface area contributed by atoms with E-state index in [9.17, 15) is 25.2 Å². The molecule has 2 aromatic rings. The van der Waals surface area contributed by atoms with Crippen molar-refractivity contribution in [2.24, 2.45) is 0 Å². The van der Waals surface area contributed by atoms with Crippen LogP contribution in [0.4, 0.5) is 5.69 Å². The lowest BCUT2D eigenvalue weighted by atomic mass is 10.2. The SMILES string of the molecule is O=C(Nc1ccc(O)c(O)c1)c1cc(O)c(O)cc1Br. The quantitative estimate of drug-likeness (QED) is 0.426. The minimum absolute atomic E-state index is 0.105. The highest BCUT2D eigenvalue weighted by Gasteiger charge is 2.14. The second kappa shape index (κ2) is 5.30. The van der Waals surface area contributed by atoms with Crippen molar-refractivity contribution in [3.8, 4) is 23.0 Å². The van der Waals surface area contributed by atoms with Crippen LogP contribution in [0.3, 0.4) is 0 Å². The number of aromatic hydroxyl groups is 4. The lowest BCUT2D eigenvalue weighted by molar-refractivity contribution is 0.102. The molecule has 0 unspecified atom stereocenters. The fraction of sp³-hybridized carbons (Fsp3) is 0. The van der Waals surface area contributed by atoms with E-state index in [-0.39, 0.29) is 28.5 Å². The molecule has 0 atom stereocenters. The summed E-state index contributed by atoms with van der Waals surface area (Å²) < 4.78 is 0.299. The van der Waals surface area contributed by atoms with Crippen molar-refractivity contribution in [3.05, 3.63) is 40.4 Å². The zero-order valence-electron chi connectivity index (χ0n) is 9.96. The van der Waals surface area contributed by atoms with Crippen LogP contribution in [-0.2, 0) is 0 Å². The first-order valence-corrected chi connectivity index (χ1v) is 6.22. The molecule has 2 rings (SSSR count). The highest BCUT2D eigenvalue weighted by molar-refractivity contribution is 9.10. The topological polar surface area (TPSA) is 110 Å². The van der Waals surface area contributed by atoms with Gasteiger partial charge in [-0.15, -0.1) is 0 Å². The van der Waals surface area contributed by atoms with E-state index in [4.69, 9.17) is 0 Å². The number of rotatable bonds is 2. The van der Waals surface area contributed by atoms with Crippen LogP contribution < -0.4 is 5.32 Å². The molecule has 20 heavy (non-hydrogen) atoms. The first-order valence-electron chi connectivity index (χ1n) is 5.43. The van der Waals surface area contributed by atoms with Gasteiger partial charge < -0.3 is 25.7 Å². The van der Waals surface area contributed by atoms with Gasteiger partial charge in [0.25, 0.3) is 5.91 Å².